The highest BCUT2D eigenvalue weighted by Crippen LogP contribution is 2.40. The summed E-state index contributed by atoms with van der Waals surface area (Å²) < 4.78 is 22.3. The summed E-state index contributed by atoms with van der Waals surface area (Å²) in [5.74, 6) is -0.123. The van der Waals surface area contributed by atoms with Gasteiger partial charge in [-0.2, -0.15) is 0 Å². The van der Waals surface area contributed by atoms with Gasteiger partial charge in [-0.05, 0) is 24.1 Å². The van der Waals surface area contributed by atoms with Crippen LogP contribution in [0.3, 0.4) is 0 Å². The molecule has 6 heteroatoms. The molecule has 0 saturated heterocycles. The minimum atomic E-state index is -3.60. The molecule has 18 heavy (non-hydrogen) atoms. The monoisotopic (exact) mass is 310 g/mol. The van der Waals surface area contributed by atoms with E-state index in [9.17, 15) is 13.5 Å². The SMILES string of the molecule is CC[C@](Cl)([C@H](O)c1cccc(Cl)c1)S(=O)(=O)CC. The molecule has 0 bridgehead atoms. The lowest BCUT2D eigenvalue weighted by atomic mass is 10.0. The minimum absolute atomic E-state index is 0.110. The third-order valence-corrected chi connectivity index (χ3v) is 6.67. The fourth-order valence-corrected chi connectivity index (χ4v) is 3.80. The Morgan fingerprint density at radius 1 is 1.39 bits per heavy atom. The van der Waals surface area contributed by atoms with Crippen molar-refractivity contribution < 1.29 is 13.5 Å². The van der Waals surface area contributed by atoms with Crippen molar-refractivity contribution in [1.82, 2.24) is 0 Å². The van der Waals surface area contributed by atoms with Gasteiger partial charge in [-0.15, -0.1) is 0 Å². The maximum Gasteiger partial charge on any atom is 0.175 e. The fourth-order valence-electron chi connectivity index (χ4n) is 1.75. The largest absolute Gasteiger partial charge is 0.385 e. The molecule has 0 saturated carbocycles. The molecule has 0 aromatic heterocycles. The van der Waals surface area contributed by atoms with Gasteiger partial charge in [-0.25, -0.2) is 8.42 Å². The van der Waals surface area contributed by atoms with Crippen LogP contribution in [0.2, 0.25) is 5.02 Å². The number of alkyl halides is 1. The van der Waals surface area contributed by atoms with Gasteiger partial charge >= 0.3 is 0 Å². The van der Waals surface area contributed by atoms with E-state index < -0.39 is 20.1 Å². The van der Waals surface area contributed by atoms with Crippen molar-refractivity contribution in [2.24, 2.45) is 0 Å². The second kappa shape index (κ2) is 5.78. The van der Waals surface area contributed by atoms with E-state index in [0.29, 0.717) is 10.6 Å². The Balaban J connectivity index is 3.26. The Bertz CT molecular complexity index is 516. The van der Waals surface area contributed by atoms with E-state index in [4.69, 9.17) is 23.2 Å². The smallest absolute Gasteiger partial charge is 0.175 e. The first-order chi connectivity index (χ1) is 8.28. The van der Waals surface area contributed by atoms with Crippen LogP contribution in [0, 0.1) is 0 Å². The highest BCUT2D eigenvalue weighted by Gasteiger charge is 2.46. The normalized spacial score (nSPS) is 17.2. The maximum atomic E-state index is 12.0. The molecule has 102 valence electrons. The molecule has 0 aliphatic heterocycles. The van der Waals surface area contributed by atoms with Crippen LogP contribution in [-0.2, 0) is 9.84 Å². The molecule has 0 radical (unpaired) electrons. The summed E-state index contributed by atoms with van der Waals surface area (Å²) in [5, 5.41) is 10.7. The van der Waals surface area contributed by atoms with E-state index >= 15 is 0 Å². The van der Waals surface area contributed by atoms with Crippen molar-refractivity contribution in [2.45, 2.75) is 30.6 Å². The molecule has 0 unspecified atom stereocenters. The Kier molecular flexibility index (Phi) is 5.06. The van der Waals surface area contributed by atoms with Gasteiger partial charge in [0, 0.05) is 10.8 Å². The summed E-state index contributed by atoms with van der Waals surface area (Å²) in [5.41, 5.74) is 0.399. The van der Waals surface area contributed by atoms with Crippen LogP contribution in [0.5, 0.6) is 0 Å². The Morgan fingerprint density at radius 3 is 2.44 bits per heavy atom. The third-order valence-electron chi connectivity index (χ3n) is 2.95. The molecule has 0 amide bonds. The van der Waals surface area contributed by atoms with Crippen LogP contribution in [0.4, 0.5) is 0 Å². The highest BCUT2D eigenvalue weighted by molar-refractivity contribution is 7.94. The summed E-state index contributed by atoms with van der Waals surface area (Å²) in [4.78, 5) is 0. The summed E-state index contributed by atoms with van der Waals surface area (Å²) in [6, 6.07) is 6.42. The molecule has 1 rings (SSSR count). The van der Waals surface area contributed by atoms with Crippen LogP contribution >= 0.6 is 23.2 Å². The number of benzene rings is 1. The molecule has 0 fully saturated rings. The summed E-state index contributed by atoms with van der Waals surface area (Å²) >= 11 is 12.0. The quantitative estimate of drug-likeness (QED) is 0.850. The topological polar surface area (TPSA) is 54.4 Å². The molecular weight excluding hydrogens is 295 g/mol. The first kappa shape index (κ1) is 15.8. The van der Waals surface area contributed by atoms with E-state index in [1.54, 1.807) is 25.1 Å². The van der Waals surface area contributed by atoms with E-state index in [1.165, 1.54) is 13.0 Å². The second-order valence-electron chi connectivity index (χ2n) is 4.00. The number of hydrogen-bond donors (Lipinski definition) is 1. The summed E-state index contributed by atoms with van der Waals surface area (Å²) in [6.07, 6.45) is -1.20. The van der Waals surface area contributed by atoms with E-state index in [1.807, 2.05) is 0 Å². The van der Waals surface area contributed by atoms with E-state index in [-0.39, 0.29) is 12.2 Å². The molecule has 0 aliphatic carbocycles. The zero-order chi connectivity index (χ0) is 14.0. The minimum Gasteiger partial charge on any atom is -0.385 e. The van der Waals surface area contributed by atoms with Crippen molar-refractivity contribution in [3.8, 4) is 0 Å². The van der Waals surface area contributed by atoms with Crippen molar-refractivity contribution in [2.75, 3.05) is 5.75 Å². The van der Waals surface area contributed by atoms with Gasteiger partial charge in [0.1, 0.15) is 6.10 Å². The molecular formula is C12H16Cl2O3S. The van der Waals surface area contributed by atoms with E-state index in [2.05, 4.69) is 0 Å². The van der Waals surface area contributed by atoms with Crippen LogP contribution in [0.25, 0.3) is 0 Å². The lowest BCUT2D eigenvalue weighted by Gasteiger charge is -2.30. The predicted octanol–water partition coefficient (Wildman–Crippen LogP) is 3.15. The number of aliphatic hydroxyl groups excluding tert-OH is 1. The number of aliphatic hydroxyl groups is 1. The van der Waals surface area contributed by atoms with Crippen molar-refractivity contribution in [1.29, 1.82) is 0 Å². The standard InChI is InChI=1S/C12H16Cl2O3S/c1-3-12(14,18(16,17)4-2)11(15)9-6-5-7-10(13)8-9/h5-8,11,15H,3-4H2,1-2H3/t11-,12-/m1/s1. The Morgan fingerprint density at radius 2 is 2.00 bits per heavy atom. The van der Waals surface area contributed by atoms with Gasteiger partial charge in [0.05, 0.1) is 0 Å². The van der Waals surface area contributed by atoms with Gasteiger partial charge in [0.2, 0.25) is 0 Å². The average molecular weight is 311 g/mol. The van der Waals surface area contributed by atoms with E-state index in [0.717, 1.165) is 0 Å². The van der Waals surface area contributed by atoms with Gasteiger partial charge < -0.3 is 5.11 Å². The molecule has 1 aromatic rings. The second-order valence-corrected chi connectivity index (χ2v) is 7.87. The molecule has 1 N–H and O–H groups in total. The maximum absolute atomic E-state index is 12.0. The van der Waals surface area contributed by atoms with Gasteiger partial charge in [0.15, 0.2) is 14.0 Å². The predicted molar refractivity (Wildman–Crippen MR) is 74.7 cm³/mol. The molecule has 2 atom stereocenters. The van der Waals surface area contributed by atoms with Gasteiger partial charge in [0.25, 0.3) is 0 Å². The van der Waals surface area contributed by atoms with Crippen LogP contribution in [-0.4, -0.2) is 23.5 Å². The van der Waals surface area contributed by atoms with Gasteiger partial charge in [-0.1, -0.05) is 49.2 Å². The molecule has 3 nitrogen and oxygen atoms in total. The highest BCUT2D eigenvalue weighted by atomic mass is 35.5. The third kappa shape index (κ3) is 2.82. The molecule has 0 heterocycles. The first-order valence-corrected chi connectivity index (χ1v) is 8.04. The molecule has 0 spiro atoms. The molecule has 0 aliphatic rings. The summed E-state index contributed by atoms with van der Waals surface area (Å²) in [6.45, 7) is 3.14. The number of sulfone groups is 1. The summed E-state index contributed by atoms with van der Waals surface area (Å²) in [7, 11) is -3.60. The zero-order valence-corrected chi connectivity index (χ0v) is 12.6. The van der Waals surface area contributed by atoms with Crippen molar-refractivity contribution in [3.63, 3.8) is 0 Å². The zero-order valence-electron chi connectivity index (χ0n) is 10.2. The lowest BCUT2D eigenvalue weighted by Crippen LogP contribution is -2.39. The molecule has 1 aromatic carbocycles. The number of rotatable bonds is 5. The van der Waals surface area contributed by atoms with Crippen molar-refractivity contribution >= 4 is 33.0 Å². The number of hydrogen-bond acceptors (Lipinski definition) is 3. The average Bonchev–Trinajstić information content (AvgIpc) is 2.36. The Hall–Kier alpha value is -0.290. The van der Waals surface area contributed by atoms with Crippen molar-refractivity contribution in [3.05, 3.63) is 34.9 Å². The first-order valence-electron chi connectivity index (χ1n) is 5.63. The number of halogens is 2. The van der Waals surface area contributed by atoms with Crippen LogP contribution in [0.15, 0.2) is 24.3 Å². The Labute approximate surface area is 118 Å². The fraction of sp³-hybridized carbons (Fsp3) is 0.500. The van der Waals surface area contributed by atoms with Crippen LogP contribution < -0.4 is 0 Å². The van der Waals surface area contributed by atoms with Gasteiger partial charge in [-0.3, -0.25) is 0 Å². The van der Waals surface area contributed by atoms with Crippen LogP contribution in [0.1, 0.15) is 31.9 Å². The lowest BCUT2D eigenvalue weighted by molar-refractivity contribution is 0.154.